The molecule has 0 fully saturated rings. The van der Waals surface area contributed by atoms with E-state index in [4.69, 9.17) is 0 Å². The van der Waals surface area contributed by atoms with Crippen molar-refractivity contribution in [3.05, 3.63) is 94.9 Å². The van der Waals surface area contributed by atoms with E-state index >= 15 is 0 Å². The molecule has 0 saturated heterocycles. The number of aryl methyl sites for hydroxylation is 1. The molecular weight excluding hydrogens is 362 g/mol. The highest BCUT2D eigenvalue weighted by Gasteiger charge is 2.15. The van der Waals surface area contributed by atoms with Gasteiger partial charge in [-0.3, -0.25) is 14.3 Å². The fraction of sp³-hybridized carbons (Fsp3) is 0.125. The zero-order chi connectivity index (χ0) is 20.2. The predicted molar refractivity (Wildman–Crippen MR) is 116 cm³/mol. The molecule has 2 aromatic heterocycles. The molecule has 4 rings (SSSR count). The number of benzene rings is 2. The summed E-state index contributed by atoms with van der Waals surface area (Å²) in [6.45, 7) is 1.57. The molecule has 0 amide bonds. The van der Waals surface area contributed by atoms with Crippen LogP contribution in [0.2, 0.25) is 0 Å². The molecule has 0 bridgehead atoms. The van der Waals surface area contributed by atoms with Crippen molar-refractivity contribution < 1.29 is 4.79 Å². The Morgan fingerprint density at radius 1 is 1.00 bits per heavy atom. The molecule has 5 heteroatoms. The highest BCUT2D eigenvalue weighted by molar-refractivity contribution is 5.86. The molecule has 0 saturated carbocycles. The minimum absolute atomic E-state index is 0.106. The molecule has 0 aliphatic carbocycles. The van der Waals surface area contributed by atoms with Gasteiger partial charge >= 0.3 is 0 Å². The van der Waals surface area contributed by atoms with Crippen LogP contribution < -0.4 is 10.7 Å². The quantitative estimate of drug-likeness (QED) is 0.526. The standard InChI is InChI=1S/C24H21N3O2/c1-17(28)12-13-18-15-25-16-21-22(29)14-23(26-19-8-4-2-5-9-19)27(24(18)21)20-10-6-3-7-11-20/h2-11,14-16,26H,12-13H2,1H3. The minimum atomic E-state index is -0.109. The topological polar surface area (TPSA) is 64.0 Å². The van der Waals surface area contributed by atoms with Crippen molar-refractivity contribution in [3.8, 4) is 5.69 Å². The molecule has 4 aromatic rings. The highest BCUT2D eigenvalue weighted by atomic mass is 16.1. The number of carbonyl (C=O) groups excluding carboxylic acids is 1. The van der Waals surface area contributed by atoms with Crippen LogP contribution in [0.5, 0.6) is 0 Å². The Kier molecular flexibility index (Phi) is 5.20. The fourth-order valence-corrected chi connectivity index (χ4v) is 3.43. The van der Waals surface area contributed by atoms with Gasteiger partial charge in [0, 0.05) is 36.3 Å². The van der Waals surface area contributed by atoms with E-state index in [2.05, 4.69) is 10.3 Å². The summed E-state index contributed by atoms with van der Waals surface area (Å²) in [5, 5.41) is 3.91. The van der Waals surface area contributed by atoms with Crippen molar-refractivity contribution in [2.75, 3.05) is 5.32 Å². The summed E-state index contributed by atoms with van der Waals surface area (Å²) in [6.07, 6.45) is 4.28. The molecule has 144 valence electrons. The number of pyridine rings is 2. The maximum absolute atomic E-state index is 12.9. The Bertz CT molecular complexity index is 1220. The third-order valence-electron chi connectivity index (χ3n) is 4.80. The summed E-state index contributed by atoms with van der Waals surface area (Å²) in [5.74, 6) is 0.768. The van der Waals surface area contributed by atoms with Gasteiger partial charge in [-0.15, -0.1) is 0 Å². The number of ketones is 1. The number of fused-ring (bicyclic) bond motifs is 1. The number of anilines is 2. The molecule has 5 nitrogen and oxygen atoms in total. The van der Waals surface area contributed by atoms with Gasteiger partial charge in [-0.25, -0.2) is 0 Å². The van der Waals surface area contributed by atoms with Crippen molar-refractivity contribution >= 4 is 28.2 Å². The third-order valence-corrected chi connectivity index (χ3v) is 4.80. The predicted octanol–water partition coefficient (Wildman–Crippen LogP) is 4.65. The van der Waals surface area contributed by atoms with Crippen molar-refractivity contribution in [3.63, 3.8) is 0 Å². The molecule has 2 heterocycles. The van der Waals surface area contributed by atoms with Crippen LogP contribution in [0.25, 0.3) is 16.6 Å². The molecule has 2 aromatic carbocycles. The van der Waals surface area contributed by atoms with Crippen molar-refractivity contribution in [2.45, 2.75) is 19.8 Å². The van der Waals surface area contributed by atoms with Crippen molar-refractivity contribution in [1.82, 2.24) is 9.55 Å². The van der Waals surface area contributed by atoms with E-state index in [1.54, 1.807) is 25.4 Å². The Morgan fingerprint density at radius 3 is 2.38 bits per heavy atom. The SMILES string of the molecule is CC(=O)CCc1cncc2c(=O)cc(Nc3ccccc3)n(-c3ccccc3)c12. The first-order valence-corrected chi connectivity index (χ1v) is 9.53. The summed E-state index contributed by atoms with van der Waals surface area (Å²) >= 11 is 0. The van der Waals surface area contributed by atoms with E-state index in [9.17, 15) is 9.59 Å². The zero-order valence-electron chi connectivity index (χ0n) is 16.1. The maximum Gasteiger partial charge on any atom is 0.193 e. The third kappa shape index (κ3) is 3.94. The molecule has 0 spiro atoms. The Balaban J connectivity index is 2.00. The molecule has 0 radical (unpaired) electrons. The monoisotopic (exact) mass is 383 g/mol. The van der Waals surface area contributed by atoms with Crippen molar-refractivity contribution in [1.29, 1.82) is 0 Å². The second-order valence-electron chi connectivity index (χ2n) is 6.95. The van der Waals surface area contributed by atoms with E-state index in [1.807, 2.05) is 65.2 Å². The van der Waals surface area contributed by atoms with Crippen LogP contribution in [0, 0.1) is 0 Å². The van der Waals surface area contributed by atoms with Crippen LogP contribution >= 0.6 is 0 Å². The van der Waals surface area contributed by atoms with E-state index in [1.165, 1.54) is 0 Å². The average Bonchev–Trinajstić information content (AvgIpc) is 2.74. The number of carbonyl (C=O) groups is 1. The summed E-state index contributed by atoms with van der Waals surface area (Å²) in [7, 11) is 0. The molecule has 0 atom stereocenters. The maximum atomic E-state index is 12.9. The lowest BCUT2D eigenvalue weighted by molar-refractivity contribution is -0.116. The van der Waals surface area contributed by atoms with Gasteiger partial charge in [-0.2, -0.15) is 0 Å². The Morgan fingerprint density at radius 2 is 1.69 bits per heavy atom. The molecule has 1 N–H and O–H groups in total. The average molecular weight is 383 g/mol. The number of Topliss-reactive ketones (excluding diaryl/α,β-unsaturated/α-hetero) is 1. The van der Waals surface area contributed by atoms with Gasteiger partial charge in [0.05, 0.1) is 10.9 Å². The summed E-state index contributed by atoms with van der Waals surface area (Å²) in [5.41, 5.74) is 3.35. The molecule has 0 aliphatic rings. The van der Waals surface area contributed by atoms with Gasteiger partial charge in [0.1, 0.15) is 11.6 Å². The van der Waals surface area contributed by atoms with Crippen LogP contribution in [-0.4, -0.2) is 15.3 Å². The highest BCUT2D eigenvalue weighted by Crippen LogP contribution is 2.27. The number of hydrogen-bond acceptors (Lipinski definition) is 4. The van der Waals surface area contributed by atoms with Crippen LogP contribution in [0.15, 0.2) is 83.9 Å². The minimum Gasteiger partial charge on any atom is -0.341 e. The van der Waals surface area contributed by atoms with Gasteiger partial charge in [0.25, 0.3) is 0 Å². The van der Waals surface area contributed by atoms with Gasteiger partial charge in [-0.1, -0.05) is 36.4 Å². The largest absolute Gasteiger partial charge is 0.341 e. The summed E-state index contributed by atoms with van der Waals surface area (Å²) < 4.78 is 2.03. The molecule has 0 unspecified atom stereocenters. The van der Waals surface area contributed by atoms with Gasteiger partial charge < -0.3 is 10.1 Å². The first kappa shape index (κ1) is 18.6. The lowest BCUT2D eigenvalue weighted by Crippen LogP contribution is -2.14. The number of nitrogens with one attached hydrogen (secondary N) is 1. The number of para-hydroxylation sites is 2. The summed E-state index contributed by atoms with van der Waals surface area (Å²) in [4.78, 5) is 28.7. The second-order valence-corrected chi connectivity index (χ2v) is 6.95. The number of nitrogens with zero attached hydrogens (tertiary/aromatic N) is 2. The lowest BCUT2D eigenvalue weighted by Gasteiger charge is -2.20. The number of rotatable bonds is 6. The van der Waals surface area contributed by atoms with E-state index in [0.29, 0.717) is 24.0 Å². The normalized spacial score (nSPS) is 10.8. The Labute approximate surface area is 168 Å². The molecular formula is C24H21N3O2. The lowest BCUT2D eigenvalue weighted by atomic mass is 10.1. The van der Waals surface area contributed by atoms with Crippen LogP contribution in [0.3, 0.4) is 0 Å². The second kappa shape index (κ2) is 8.10. The van der Waals surface area contributed by atoms with E-state index < -0.39 is 0 Å². The Hall–Kier alpha value is -3.73. The smallest absolute Gasteiger partial charge is 0.193 e. The first-order chi connectivity index (χ1) is 14.1. The van der Waals surface area contributed by atoms with Crippen molar-refractivity contribution in [2.24, 2.45) is 0 Å². The van der Waals surface area contributed by atoms with Gasteiger partial charge in [0.2, 0.25) is 0 Å². The zero-order valence-corrected chi connectivity index (χ0v) is 16.1. The number of aromatic nitrogens is 2. The van der Waals surface area contributed by atoms with Gasteiger partial charge in [0.15, 0.2) is 5.43 Å². The molecule has 0 aliphatic heterocycles. The fourth-order valence-electron chi connectivity index (χ4n) is 3.43. The van der Waals surface area contributed by atoms with E-state index in [-0.39, 0.29) is 11.2 Å². The van der Waals surface area contributed by atoms with E-state index in [0.717, 1.165) is 22.5 Å². The van der Waals surface area contributed by atoms with Gasteiger partial charge in [-0.05, 0) is 43.2 Å². The van der Waals surface area contributed by atoms with Crippen LogP contribution in [0.4, 0.5) is 11.5 Å². The summed E-state index contributed by atoms with van der Waals surface area (Å²) in [6, 6.07) is 21.2. The molecule has 29 heavy (non-hydrogen) atoms. The van der Waals surface area contributed by atoms with Crippen LogP contribution in [-0.2, 0) is 11.2 Å². The van der Waals surface area contributed by atoms with Crippen LogP contribution in [0.1, 0.15) is 18.9 Å². The number of hydrogen-bond donors (Lipinski definition) is 1. The first-order valence-electron chi connectivity index (χ1n) is 9.53.